The predicted molar refractivity (Wildman–Crippen MR) is 98.9 cm³/mol. The van der Waals surface area contributed by atoms with E-state index in [0.29, 0.717) is 12.2 Å². The maximum absolute atomic E-state index is 12.5. The van der Waals surface area contributed by atoms with Crippen LogP contribution in [-0.4, -0.2) is 35.4 Å². The highest BCUT2D eigenvalue weighted by Crippen LogP contribution is 2.26. The molecule has 6 heteroatoms. The molecule has 0 unspecified atom stereocenters. The molecule has 0 aliphatic carbocycles. The van der Waals surface area contributed by atoms with Crippen molar-refractivity contribution < 1.29 is 4.79 Å². The fraction of sp³-hybridized carbons (Fsp3) is 0.444. The number of nitrogens with zero attached hydrogens (tertiary/aromatic N) is 2. The molecule has 1 saturated heterocycles. The predicted octanol–water partition coefficient (Wildman–Crippen LogP) is 3.98. The first-order valence-electron chi connectivity index (χ1n) is 8.26. The number of aryl methyl sites for hydroxylation is 2. The van der Waals surface area contributed by atoms with Gasteiger partial charge in [-0.2, -0.15) is 0 Å². The summed E-state index contributed by atoms with van der Waals surface area (Å²) in [4.78, 5) is 20.2. The number of rotatable bonds is 5. The van der Waals surface area contributed by atoms with Gasteiger partial charge in [0, 0.05) is 16.4 Å². The molecule has 1 amide bonds. The van der Waals surface area contributed by atoms with Gasteiger partial charge in [0.25, 0.3) is 5.91 Å². The third-order valence-electron chi connectivity index (χ3n) is 4.41. The van der Waals surface area contributed by atoms with E-state index in [9.17, 15) is 4.79 Å². The molecule has 0 radical (unpaired) electrons. The van der Waals surface area contributed by atoms with E-state index in [-0.39, 0.29) is 11.9 Å². The molecule has 1 atom stereocenters. The van der Waals surface area contributed by atoms with Gasteiger partial charge < -0.3 is 5.32 Å². The third-order valence-corrected chi connectivity index (χ3v) is 5.55. The molecule has 0 saturated carbocycles. The summed E-state index contributed by atoms with van der Waals surface area (Å²) < 4.78 is 0. The zero-order chi connectivity index (χ0) is 17.1. The summed E-state index contributed by atoms with van der Waals surface area (Å²) in [6, 6.07) is 8.10. The molecule has 1 fully saturated rings. The Bertz CT molecular complexity index is 708. The lowest BCUT2D eigenvalue weighted by Crippen LogP contribution is -2.37. The number of aromatic nitrogens is 1. The highest BCUT2D eigenvalue weighted by Gasteiger charge is 2.24. The van der Waals surface area contributed by atoms with E-state index < -0.39 is 0 Å². The zero-order valence-electron chi connectivity index (χ0n) is 14.0. The molecule has 1 aromatic carbocycles. The molecule has 3 rings (SSSR count). The Morgan fingerprint density at radius 3 is 2.54 bits per heavy atom. The van der Waals surface area contributed by atoms with Crippen LogP contribution in [0, 0.1) is 13.8 Å². The van der Waals surface area contributed by atoms with Crippen molar-refractivity contribution in [3.05, 3.63) is 50.4 Å². The highest BCUT2D eigenvalue weighted by molar-refractivity contribution is 7.11. The normalized spacial score (nSPS) is 16.3. The first-order valence-corrected chi connectivity index (χ1v) is 9.46. The number of hydrogen-bond donors (Lipinski definition) is 1. The maximum Gasteiger partial charge on any atom is 0.271 e. The third kappa shape index (κ3) is 3.97. The standard InChI is InChI=1S/C18H22ClN3OS/c1-12-17(21-13(2)24-12)18(23)20-11-16(22-9-3-4-10-22)14-5-7-15(19)8-6-14/h5-8,16H,3-4,9-11H2,1-2H3,(H,20,23)/t16-/m0/s1. The van der Waals surface area contributed by atoms with Gasteiger partial charge in [-0.25, -0.2) is 4.98 Å². The monoisotopic (exact) mass is 363 g/mol. The maximum atomic E-state index is 12.5. The quantitative estimate of drug-likeness (QED) is 0.873. The molecule has 128 valence electrons. The van der Waals surface area contributed by atoms with Gasteiger partial charge in [-0.1, -0.05) is 23.7 Å². The molecule has 0 spiro atoms. The number of amides is 1. The van der Waals surface area contributed by atoms with Gasteiger partial charge in [0.15, 0.2) is 0 Å². The number of carbonyl (C=O) groups is 1. The van der Waals surface area contributed by atoms with Gasteiger partial charge in [0.1, 0.15) is 5.69 Å². The fourth-order valence-corrected chi connectivity index (χ4v) is 4.15. The van der Waals surface area contributed by atoms with Crippen LogP contribution in [0.25, 0.3) is 0 Å². The van der Waals surface area contributed by atoms with Crippen molar-refractivity contribution in [3.8, 4) is 0 Å². The summed E-state index contributed by atoms with van der Waals surface area (Å²) in [6.07, 6.45) is 2.42. The van der Waals surface area contributed by atoms with Crippen molar-refractivity contribution in [1.82, 2.24) is 15.2 Å². The van der Waals surface area contributed by atoms with Crippen molar-refractivity contribution >= 4 is 28.8 Å². The molecule has 1 aliphatic rings. The summed E-state index contributed by atoms with van der Waals surface area (Å²) in [6.45, 7) is 6.58. The molecule has 0 bridgehead atoms. The first-order chi connectivity index (χ1) is 11.5. The van der Waals surface area contributed by atoms with E-state index in [0.717, 1.165) is 28.0 Å². The SMILES string of the molecule is Cc1nc(C(=O)NC[C@@H](c2ccc(Cl)cc2)N2CCCC2)c(C)s1. The summed E-state index contributed by atoms with van der Waals surface area (Å²) >= 11 is 7.57. The number of benzene rings is 1. The van der Waals surface area contributed by atoms with Crippen LogP contribution in [0.2, 0.25) is 5.02 Å². The van der Waals surface area contributed by atoms with Gasteiger partial charge in [-0.3, -0.25) is 9.69 Å². The van der Waals surface area contributed by atoms with Crippen LogP contribution in [-0.2, 0) is 0 Å². The Labute approximate surface area is 151 Å². The fourth-order valence-electron chi connectivity index (χ4n) is 3.21. The molecule has 4 nitrogen and oxygen atoms in total. The molecule has 24 heavy (non-hydrogen) atoms. The molecule has 2 heterocycles. The van der Waals surface area contributed by atoms with Crippen molar-refractivity contribution in [1.29, 1.82) is 0 Å². The van der Waals surface area contributed by atoms with Gasteiger partial charge in [-0.05, 0) is 57.5 Å². The van der Waals surface area contributed by atoms with Crippen molar-refractivity contribution in [2.24, 2.45) is 0 Å². The second kappa shape index (κ2) is 7.64. The van der Waals surface area contributed by atoms with Crippen molar-refractivity contribution in [3.63, 3.8) is 0 Å². The van der Waals surface area contributed by atoms with Crippen molar-refractivity contribution in [2.45, 2.75) is 32.7 Å². The lowest BCUT2D eigenvalue weighted by molar-refractivity contribution is 0.0933. The van der Waals surface area contributed by atoms with E-state index in [1.807, 2.05) is 26.0 Å². The van der Waals surface area contributed by atoms with E-state index >= 15 is 0 Å². The van der Waals surface area contributed by atoms with Crippen LogP contribution in [0.5, 0.6) is 0 Å². The molecule has 1 aromatic heterocycles. The van der Waals surface area contributed by atoms with Crippen LogP contribution in [0.4, 0.5) is 0 Å². The Balaban J connectivity index is 1.73. The summed E-state index contributed by atoms with van der Waals surface area (Å²) in [7, 11) is 0. The molecular formula is C18H22ClN3OS. The van der Waals surface area contributed by atoms with Gasteiger partial charge in [0.2, 0.25) is 0 Å². The average molecular weight is 364 g/mol. The minimum absolute atomic E-state index is 0.0880. The lowest BCUT2D eigenvalue weighted by Gasteiger charge is -2.28. The number of carbonyl (C=O) groups excluding carboxylic acids is 1. The lowest BCUT2D eigenvalue weighted by atomic mass is 10.1. The summed E-state index contributed by atoms with van der Waals surface area (Å²) in [5, 5.41) is 4.73. The molecule has 1 N–H and O–H groups in total. The van der Waals surface area contributed by atoms with Crippen LogP contribution < -0.4 is 5.32 Å². The van der Waals surface area contributed by atoms with E-state index in [1.165, 1.54) is 18.4 Å². The van der Waals surface area contributed by atoms with E-state index in [2.05, 4.69) is 27.3 Å². The number of hydrogen-bond acceptors (Lipinski definition) is 4. The second-order valence-electron chi connectivity index (χ2n) is 6.16. The number of likely N-dealkylation sites (tertiary alicyclic amines) is 1. The van der Waals surface area contributed by atoms with E-state index in [4.69, 9.17) is 11.6 Å². The zero-order valence-corrected chi connectivity index (χ0v) is 15.6. The molecule has 1 aliphatic heterocycles. The van der Waals surface area contributed by atoms with Crippen LogP contribution in [0.3, 0.4) is 0 Å². The topological polar surface area (TPSA) is 45.2 Å². The Morgan fingerprint density at radius 2 is 1.96 bits per heavy atom. The number of nitrogens with one attached hydrogen (secondary N) is 1. The number of thiazole rings is 1. The summed E-state index contributed by atoms with van der Waals surface area (Å²) in [5.41, 5.74) is 1.74. The van der Waals surface area contributed by atoms with Gasteiger partial charge in [0.05, 0.1) is 11.0 Å². The Morgan fingerprint density at radius 1 is 1.29 bits per heavy atom. The van der Waals surface area contributed by atoms with Crippen molar-refractivity contribution in [2.75, 3.05) is 19.6 Å². The largest absolute Gasteiger partial charge is 0.349 e. The van der Waals surface area contributed by atoms with E-state index in [1.54, 1.807) is 11.3 Å². The van der Waals surface area contributed by atoms with Crippen LogP contribution in [0.1, 0.15) is 44.8 Å². The average Bonchev–Trinajstić information content (AvgIpc) is 3.19. The van der Waals surface area contributed by atoms with Crippen LogP contribution >= 0.6 is 22.9 Å². The minimum atomic E-state index is -0.0880. The Hall–Kier alpha value is -1.43. The smallest absolute Gasteiger partial charge is 0.271 e. The van der Waals surface area contributed by atoms with Gasteiger partial charge in [-0.15, -0.1) is 11.3 Å². The molecular weight excluding hydrogens is 342 g/mol. The first kappa shape index (κ1) is 17.4. The Kier molecular flexibility index (Phi) is 5.54. The van der Waals surface area contributed by atoms with Crippen LogP contribution in [0.15, 0.2) is 24.3 Å². The number of halogens is 1. The van der Waals surface area contributed by atoms with Gasteiger partial charge >= 0.3 is 0 Å². The molecule has 2 aromatic rings. The minimum Gasteiger partial charge on any atom is -0.349 e. The summed E-state index contributed by atoms with van der Waals surface area (Å²) in [5.74, 6) is -0.0880. The second-order valence-corrected chi connectivity index (χ2v) is 8.00. The highest BCUT2D eigenvalue weighted by atomic mass is 35.5.